The molecule has 1 aliphatic rings. The maximum atomic E-state index is 12.2. The summed E-state index contributed by atoms with van der Waals surface area (Å²) in [5, 5.41) is 6.43. The molecule has 3 rings (SSSR count). The van der Waals surface area contributed by atoms with Gasteiger partial charge in [-0.25, -0.2) is 4.79 Å². The minimum atomic E-state index is -0.00539. The zero-order valence-corrected chi connectivity index (χ0v) is 12.4. The highest BCUT2D eigenvalue weighted by atomic mass is 16.2. The first-order chi connectivity index (χ1) is 10.8. The number of amides is 2. The van der Waals surface area contributed by atoms with E-state index >= 15 is 0 Å². The van der Waals surface area contributed by atoms with E-state index in [0.717, 1.165) is 30.8 Å². The van der Waals surface area contributed by atoms with E-state index in [1.807, 2.05) is 47.4 Å². The van der Waals surface area contributed by atoms with Gasteiger partial charge in [0.15, 0.2) is 0 Å². The SMILES string of the molecule is O=C(NCc1ccncc1)N1CC[C@H](Nc2ccccc2)C1. The van der Waals surface area contributed by atoms with Crippen LogP contribution in [-0.4, -0.2) is 35.0 Å². The Morgan fingerprint density at radius 3 is 2.73 bits per heavy atom. The molecular formula is C17H20N4O. The molecule has 22 heavy (non-hydrogen) atoms. The lowest BCUT2D eigenvalue weighted by molar-refractivity contribution is 0.208. The molecule has 1 saturated heterocycles. The van der Waals surface area contributed by atoms with Gasteiger partial charge < -0.3 is 15.5 Å². The van der Waals surface area contributed by atoms with Gasteiger partial charge in [-0.2, -0.15) is 0 Å². The van der Waals surface area contributed by atoms with Crippen molar-refractivity contribution in [2.24, 2.45) is 0 Å². The molecular weight excluding hydrogens is 276 g/mol. The summed E-state index contributed by atoms with van der Waals surface area (Å²) < 4.78 is 0. The van der Waals surface area contributed by atoms with Gasteiger partial charge in [0.25, 0.3) is 0 Å². The third-order valence-corrected chi connectivity index (χ3v) is 3.81. The van der Waals surface area contributed by atoms with Crippen LogP contribution in [0.25, 0.3) is 0 Å². The minimum absolute atomic E-state index is 0.00539. The predicted molar refractivity (Wildman–Crippen MR) is 86.5 cm³/mol. The zero-order chi connectivity index (χ0) is 15.2. The molecule has 114 valence electrons. The third-order valence-electron chi connectivity index (χ3n) is 3.81. The van der Waals surface area contributed by atoms with Crippen molar-refractivity contribution in [2.75, 3.05) is 18.4 Å². The van der Waals surface area contributed by atoms with Crippen molar-refractivity contribution < 1.29 is 4.79 Å². The van der Waals surface area contributed by atoms with Crippen molar-refractivity contribution in [3.8, 4) is 0 Å². The second kappa shape index (κ2) is 6.93. The number of carbonyl (C=O) groups excluding carboxylic acids is 1. The number of nitrogens with zero attached hydrogens (tertiary/aromatic N) is 2. The monoisotopic (exact) mass is 296 g/mol. The average Bonchev–Trinajstić information content (AvgIpc) is 3.03. The number of anilines is 1. The third kappa shape index (κ3) is 3.75. The first-order valence-electron chi connectivity index (χ1n) is 7.54. The van der Waals surface area contributed by atoms with Crippen LogP contribution in [0.4, 0.5) is 10.5 Å². The molecule has 1 aliphatic heterocycles. The fraction of sp³-hybridized carbons (Fsp3) is 0.294. The van der Waals surface area contributed by atoms with Crippen molar-refractivity contribution in [1.82, 2.24) is 15.2 Å². The maximum Gasteiger partial charge on any atom is 0.317 e. The Labute approximate surface area is 130 Å². The summed E-state index contributed by atoms with van der Waals surface area (Å²) in [6, 6.07) is 14.2. The highest BCUT2D eigenvalue weighted by molar-refractivity contribution is 5.74. The summed E-state index contributed by atoms with van der Waals surface area (Å²) in [5.41, 5.74) is 2.16. The predicted octanol–water partition coefficient (Wildman–Crippen LogP) is 2.48. The number of hydrogen-bond acceptors (Lipinski definition) is 3. The van der Waals surface area contributed by atoms with Crippen LogP contribution in [0.15, 0.2) is 54.9 Å². The van der Waals surface area contributed by atoms with Gasteiger partial charge >= 0.3 is 6.03 Å². The Balaban J connectivity index is 1.46. The fourth-order valence-corrected chi connectivity index (χ4v) is 2.62. The van der Waals surface area contributed by atoms with Crippen LogP contribution >= 0.6 is 0 Å². The quantitative estimate of drug-likeness (QED) is 0.911. The van der Waals surface area contributed by atoms with Crippen molar-refractivity contribution in [3.05, 3.63) is 60.4 Å². The lowest BCUT2D eigenvalue weighted by atomic mass is 10.2. The van der Waals surface area contributed by atoms with E-state index in [1.165, 1.54) is 0 Å². The van der Waals surface area contributed by atoms with Crippen LogP contribution in [0.3, 0.4) is 0 Å². The lowest BCUT2D eigenvalue weighted by Gasteiger charge is -2.18. The summed E-state index contributed by atoms with van der Waals surface area (Å²) >= 11 is 0. The van der Waals surface area contributed by atoms with Crippen molar-refractivity contribution >= 4 is 11.7 Å². The molecule has 1 aromatic carbocycles. The number of rotatable bonds is 4. The zero-order valence-electron chi connectivity index (χ0n) is 12.4. The molecule has 5 nitrogen and oxygen atoms in total. The van der Waals surface area contributed by atoms with Gasteiger partial charge in [-0.1, -0.05) is 18.2 Å². The Morgan fingerprint density at radius 2 is 1.95 bits per heavy atom. The van der Waals surface area contributed by atoms with Crippen LogP contribution in [0.2, 0.25) is 0 Å². The number of para-hydroxylation sites is 1. The molecule has 5 heteroatoms. The molecule has 0 unspecified atom stereocenters. The fourth-order valence-electron chi connectivity index (χ4n) is 2.62. The molecule has 1 atom stereocenters. The summed E-state index contributed by atoms with van der Waals surface area (Å²) in [7, 11) is 0. The van der Waals surface area contributed by atoms with E-state index in [1.54, 1.807) is 12.4 Å². The van der Waals surface area contributed by atoms with E-state index in [4.69, 9.17) is 0 Å². The Hall–Kier alpha value is -2.56. The smallest absolute Gasteiger partial charge is 0.317 e. The molecule has 1 fully saturated rings. The number of nitrogens with one attached hydrogen (secondary N) is 2. The molecule has 2 N–H and O–H groups in total. The van der Waals surface area contributed by atoms with E-state index in [2.05, 4.69) is 15.6 Å². The standard InChI is InChI=1S/C17H20N4O/c22-17(19-12-14-6-9-18-10-7-14)21-11-8-16(13-21)20-15-4-2-1-3-5-15/h1-7,9-10,16,20H,8,11-13H2,(H,19,22)/t16-/m0/s1. The van der Waals surface area contributed by atoms with Crippen molar-refractivity contribution in [1.29, 1.82) is 0 Å². The van der Waals surface area contributed by atoms with E-state index in [-0.39, 0.29) is 6.03 Å². The molecule has 0 bridgehead atoms. The van der Waals surface area contributed by atoms with Crippen LogP contribution in [0, 0.1) is 0 Å². The molecule has 0 aliphatic carbocycles. The highest BCUT2D eigenvalue weighted by Crippen LogP contribution is 2.15. The number of hydrogen-bond donors (Lipinski definition) is 2. The van der Waals surface area contributed by atoms with Gasteiger partial charge in [0, 0.05) is 43.8 Å². The van der Waals surface area contributed by atoms with Crippen molar-refractivity contribution in [2.45, 2.75) is 19.0 Å². The maximum absolute atomic E-state index is 12.2. The molecule has 2 aromatic rings. The molecule has 2 amide bonds. The summed E-state index contributed by atoms with van der Waals surface area (Å²) in [5.74, 6) is 0. The molecule has 0 spiro atoms. The molecule has 0 radical (unpaired) electrons. The van der Waals surface area contributed by atoms with Gasteiger partial charge in [0.05, 0.1) is 0 Å². The van der Waals surface area contributed by atoms with Gasteiger partial charge in [-0.05, 0) is 36.2 Å². The minimum Gasteiger partial charge on any atom is -0.380 e. The van der Waals surface area contributed by atoms with Gasteiger partial charge in [0.2, 0.25) is 0 Å². The number of likely N-dealkylation sites (tertiary alicyclic amines) is 1. The average molecular weight is 296 g/mol. The van der Waals surface area contributed by atoms with Crippen LogP contribution in [0.5, 0.6) is 0 Å². The number of urea groups is 1. The first kappa shape index (κ1) is 14.4. The summed E-state index contributed by atoms with van der Waals surface area (Å²) in [6.07, 6.45) is 4.44. The van der Waals surface area contributed by atoms with Crippen molar-refractivity contribution in [3.63, 3.8) is 0 Å². The summed E-state index contributed by atoms with van der Waals surface area (Å²) in [6.45, 7) is 2.05. The van der Waals surface area contributed by atoms with Gasteiger partial charge in [-0.3, -0.25) is 4.98 Å². The molecule has 0 saturated carbocycles. The number of benzene rings is 1. The van der Waals surface area contributed by atoms with Crippen LogP contribution in [-0.2, 0) is 6.54 Å². The second-order valence-electron chi connectivity index (χ2n) is 5.46. The Kier molecular flexibility index (Phi) is 4.53. The van der Waals surface area contributed by atoms with E-state index in [9.17, 15) is 4.79 Å². The highest BCUT2D eigenvalue weighted by Gasteiger charge is 2.25. The van der Waals surface area contributed by atoms with Crippen LogP contribution in [0.1, 0.15) is 12.0 Å². The Morgan fingerprint density at radius 1 is 1.18 bits per heavy atom. The first-order valence-corrected chi connectivity index (χ1v) is 7.54. The topological polar surface area (TPSA) is 57.3 Å². The summed E-state index contributed by atoms with van der Waals surface area (Å²) in [4.78, 5) is 18.0. The van der Waals surface area contributed by atoms with E-state index in [0.29, 0.717) is 12.6 Å². The number of pyridine rings is 1. The van der Waals surface area contributed by atoms with E-state index < -0.39 is 0 Å². The van der Waals surface area contributed by atoms with Gasteiger partial charge in [-0.15, -0.1) is 0 Å². The lowest BCUT2D eigenvalue weighted by Crippen LogP contribution is -2.39. The van der Waals surface area contributed by atoms with Crippen LogP contribution < -0.4 is 10.6 Å². The second-order valence-corrected chi connectivity index (χ2v) is 5.46. The molecule has 2 heterocycles. The normalized spacial score (nSPS) is 17.3. The largest absolute Gasteiger partial charge is 0.380 e. The van der Waals surface area contributed by atoms with Gasteiger partial charge in [0.1, 0.15) is 0 Å². The number of aromatic nitrogens is 1. The Bertz CT molecular complexity index is 603. The molecule has 1 aromatic heterocycles. The number of carbonyl (C=O) groups is 1.